The van der Waals surface area contributed by atoms with Gasteiger partial charge >= 0.3 is 5.97 Å². The summed E-state index contributed by atoms with van der Waals surface area (Å²) in [5.41, 5.74) is 2.92. The third kappa shape index (κ3) is 4.43. The number of aromatic nitrogens is 1. The smallest absolute Gasteiger partial charge is 0.339 e. The first-order chi connectivity index (χ1) is 14.6. The quantitative estimate of drug-likeness (QED) is 0.586. The fourth-order valence-corrected chi connectivity index (χ4v) is 3.54. The molecule has 0 bridgehead atoms. The summed E-state index contributed by atoms with van der Waals surface area (Å²) in [7, 11) is 0. The lowest BCUT2D eigenvalue weighted by atomic mass is 10.1. The van der Waals surface area contributed by atoms with Gasteiger partial charge in [0.2, 0.25) is 5.89 Å². The minimum absolute atomic E-state index is 0.154. The number of esters is 1. The molecule has 2 aromatic carbocycles. The second-order valence-electron chi connectivity index (χ2n) is 7.46. The lowest BCUT2D eigenvalue weighted by molar-refractivity contribution is -0.135. The van der Waals surface area contributed by atoms with Gasteiger partial charge in [-0.3, -0.25) is 4.79 Å². The molecule has 30 heavy (non-hydrogen) atoms. The van der Waals surface area contributed by atoms with Gasteiger partial charge in [-0.15, -0.1) is 0 Å². The number of piperidine rings is 1. The van der Waals surface area contributed by atoms with Crippen molar-refractivity contribution >= 4 is 11.9 Å². The van der Waals surface area contributed by atoms with E-state index in [0.29, 0.717) is 22.8 Å². The summed E-state index contributed by atoms with van der Waals surface area (Å²) in [6.07, 6.45) is 4.77. The Morgan fingerprint density at radius 1 is 1.03 bits per heavy atom. The van der Waals surface area contributed by atoms with Gasteiger partial charge in [-0.05, 0) is 38.3 Å². The van der Waals surface area contributed by atoms with Crippen molar-refractivity contribution in [3.8, 4) is 22.8 Å². The minimum Gasteiger partial charge on any atom is -0.452 e. The van der Waals surface area contributed by atoms with Crippen LogP contribution in [0, 0.1) is 6.92 Å². The molecule has 154 valence electrons. The van der Waals surface area contributed by atoms with Gasteiger partial charge < -0.3 is 14.1 Å². The van der Waals surface area contributed by atoms with Crippen molar-refractivity contribution in [2.45, 2.75) is 26.2 Å². The van der Waals surface area contributed by atoms with E-state index in [0.717, 1.165) is 43.5 Å². The summed E-state index contributed by atoms with van der Waals surface area (Å²) in [5.74, 6) is 0.235. The van der Waals surface area contributed by atoms with E-state index in [1.807, 2.05) is 31.2 Å². The molecule has 1 aromatic heterocycles. The number of carbonyl (C=O) groups excluding carboxylic acids is 2. The van der Waals surface area contributed by atoms with Crippen LogP contribution in [0.1, 0.15) is 35.2 Å². The Bertz CT molecular complexity index is 1030. The van der Waals surface area contributed by atoms with Crippen molar-refractivity contribution in [3.05, 3.63) is 65.9 Å². The van der Waals surface area contributed by atoms with Crippen LogP contribution in [0.4, 0.5) is 0 Å². The molecule has 6 nitrogen and oxygen atoms in total. The molecule has 0 saturated carbocycles. The number of carbonyl (C=O) groups is 2. The highest BCUT2D eigenvalue weighted by Crippen LogP contribution is 2.28. The highest BCUT2D eigenvalue weighted by molar-refractivity contribution is 5.97. The van der Waals surface area contributed by atoms with E-state index in [2.05, 4.69) is 4.98 Å². The van der Waals surface area contributed by atoms with E-state index in [9.17, 15) is 9.59 Å². The average Bonchev–Trinajstić information content (AvgIpc) is 3.28. The zero-order chi connectivity index (χ0) is 20.9. The van der Waals surface area contributed by atoms with Crippen LogP contribution in [-0.4, -0.2) is 41.5 Å². The molecule has 6 heteroatoms. The first kappa shape index (κ1) is 19.9. The summed E-state index contributed by atoms with van der Waals surface area (Å²) >= 11 is 0. The number of nitrogens with zero attached hydrogens (tertiary/aromatic N) is 2. The molecule has 0 radical (unpaired) electrons. The number of benzene rings is 2. The number of hydrogen-bond donors (Lipinski definition) is 0. The summed E-state index contributed by atoms with van der Waals surface area (Å²) in [5, 5.41) is 0. The molecule has 4 rings (SSSR count). The lowest BCUT2D eigenvalue weighted by Crippen LogP contribution is -2.38. The van der Waals surface area contributed by atoms with E-state index < -0.39 is 5.97 Å². The predicted octanol–water partition coefficient (Wildman–Crippen LogP) is 4.49. The predicted molar refractivity (Wildman–Crippen MR) is 113 cm³/mol. The van der Waals surface area contributed by atoms with Crippen molar-refractivity contribution in [2.24, 2.45) is 0 Å². The highest BCUT2D eigenvalue weighted by Gasteiger charge is 2.21. The van der Waals surface area contributed by atoms with Crippen LogP contribution >= 0.6 is 0 Å². The second-order valence-corrected chi connectivity index (χ2v) is 7.46. The number of likely N-dealkylation sites (tertiary alicyclic amines) is 1. The average molecular weight is 404 g/mol. The van der Waals surface area contributed by atoms with Crippen LogP contribution < -0.4 is 0 Å². The Morgan fingerprint density at radius 2 is 1.77 bits per heavy atom. The molecule has 1 amide bonds. The van der Waals surface area contributed by atoms with E-state index in [1.165, 1.54) is 0 Å². The van der Waals surface area contributed by atoms with Crippen molar-refractivity contribution in [1.82, 2.24) is 9.88 Å². The maximum atomic E-state index is 12.7. The second kappa shape index (κ2) is 8.95. The van der Waals surface area contributed by atoms with Crippen LogP contribution in [0.5, 0.6) is 0 Å². The van der Waals surface area contributed by atoms with Gasteiger partial charge in [0.15, 0.2) is 12.4 Å². The minimum atomic E-state index is -0.564. The normalized spacial score (nSPS) is 13.8. The molecule has 3 aromatic rings. The summed E-state index contributed by atoms with van der Waals surface area (Å²) in [6.45, 7) is 3.22. The van der Waals surface area contributed by atoms with Crippen LogP contribution in [0.25, 0.3) is 22.8 Å². The van der Waals surface area contributed by atoms with Gasteiger partial charge in [-0.25, -0.2) is 9.78 Å². The van der Waals surface area contributed by atoms with Gasteiger partial charge in [0.25, 0.3) is 5.91 Å². The number of hydrogen-bond acceptors (Lipinski definition) is 5. The Morgan fingerprint density at radius 3 is 2.53 bits per heavy atom. The third-order valence-electron chi connectivity index (χ3n) is 5.25. The van der Waals surface area contributed by atoms with Gasteiger partial charge in [0, 0.05) is 18.7 Å². The Labute approximate surface area is 175 Å². The van der Waals surface area contributed by atoms with Crippen LogP contribution in [-0.2, 0) is 9.53 Å². The lowest BCUT2D eigenvalue weighted by Gasteiger charge is -2.26. The number of ether oxygens (including phenoxy) is 1. The molecular weight excluding hydrogens is 380 g/mol. The Hall–Kier alpha value is -3.41. The first-order valence-corrected chi connectivity index (χ1v) is 10.2. The molecule has 0 unspecified atom stereocenters. The molecule has 0 spiro atoms. The summed E-state index contributed by atoms with van der Waals surface area (Å²) < 4.78 is 11.2. The monoisotopic (exact) mass is 404 g/mol. The SMILES string of the molecule is Cc1ccc(-c2cnc(-c3ccccc3C(=O)OCC(=O)N3CCCCC3)o2)cc1. The Kier molecular flexibility index (Phi) is 5.93. The molecule has 0 aliphatic carbocycles. The van der Waals surface area contributed by atoms with Crippen molar-refractivity contribution in [3.63, 3.8) is 0 Å². The van der Waals surface area contributed by atoms with Crippen LogP contribution in [0.3, 0.4) is 0 Å². The third-order valence-corrected chi connectivity index (χ3v) is 5.25. The molecule has 0 atom stereocenters. The molecule has 1 aliphatic heterocycles. The molecule has 0 N–H and O–H groups in total. The Balaban J connectivity index is 1.49. The number of amides is 1. The molecule has 2 heterocycles. The van der Waals surface area contributed by atoms with Crippen molar-refractivity contribution in [2.75, 3.05) is 19.7 Å². The number of rotatable bonds is 5. The molecular formula is C24H24N2O4. The van der Waals surface area contributed by atoms with Gasteiger partial charge in [-0.1, -0.05) is 42.0 Å². The van der Waals surface area contributed by atoms with E-state index >= 15 is 0 Å². The maximum Gasteiger partial charge on any atom is 0.339 e. The highest BCUT2D eigenvalue weighted by atomic mass is 16.5. The largest absolute Gasteiger partial charge is 0.452 e. The van der Waals surface area contributed by atoms with Crippen LogP contribution in [0.2, 0.25) is 0 Å². The van der Waals surface area contributed by atoms with E-state index in [1.54, 1.807) is 35.4 Å². The summed E-state index contributed by atoms with van der Waals surface area (Å²) in [6, 6.07) is 14.9. The number of oxazole rings is 1. The van der Waals surface area contributed by atoms with Crippen molar-refractivity contribution in [1.29, 1.82) is 0 Å². The molecule has 1 fully saturated rings. The maximum absolute atomic E-state index is 12.7. The molecule has 1 aliphatic rings. The van der Waals surface area contributed by atoms with Gasteiger partial charge in [0.1, 0.15) is 0 Å². The van der Waals surface area contributed by atoms with E-state index in [-0.39, 0.29) is 12.5 Å². The zero-order valence-electron chi connectivity index (χ0n) is 17.0. The number of aryl methyl sites for hydroxylation is 1. The van der Waals surface area contributed by atoms with Gasteiger partial charge in [0.05, 0.1) is 17.3 Å². The first-order valence-electron chi connectivity index (χ1n) is 10.2. The van der Waals surface area contributed by atoms with Crippen LogP contribution in [0.15, 0.2) is 59.1 Å². The van der Waals surface area contributed by atoms with E-state index in [4.69, 9.17) is 9.15 Å². The summed E-state index contributed by atoms with van der Waals surface area (Å²) in [4.78, 5) is 31.1. The molecule has 1 saturated heterocycles. The fourth-order valence-electron chi connectivity index (χ4n) is 3.54. The van der Waals surface area contributed by atoms with Gasteiger partial charge in [-0.2, -0.15) is 0 Å². The standard InChI is InChI=1S/C24H24N2O4/c1-17-9-11-18(12-10-17)21-15-25-23(30-21)19-7-3-4-8-20(19)24(28)29-16-22(27)26-13-5-2-6-14-26/h3-4,7-12,15H,2,5-6,13-14,16H2,1H3. The topological polar surface area (TPSA) is 72.6 Å². The fraction of sp³-hybridized carbons (Fsp3) is 0.292. The zero-order valence-corrected chi connectivity index (χ0v) is 17.0. The van der Waals surface area contributed by atoms with Crippen molar-refractivity contribution < 1.29 is 18.7 Å².